The van der Waals surface area contributed by atoms with E-state index in [1.165, 1.54) is 36.4 Å². The molecule has 0 atom stereocenters. The molecule has 0 N–H and O–H groups in total. The fourth-order valence-corrected chi connectivity index (χ4v) is 1.54. The fraction of sp³-hybridized carbons (Fsp3) is 0. The van der Waals surface area contributed by atoms with Gasteiger partial charge in [-0.3, -0.25) is 14.4 Å². The van der Waals surface area contributed by atoms with E-state index in [2.05, 4.69) is 0 Å². The standard InChI is InChI=1S/3C7H6O2.La/c3*8-6-4-2-1-3-5-7(6)9;/h3*1-5H,(H,8,9);/q;;;+3/p-3. The Labute approximate surface area is 189 Å². The molecule has 0 saturated carbocycles. The second-order valence-corrected chi connectivity index (χ2v) is 4.92. The molecule has 3 aromatic rings. The minimum Gasteiger partial charge on any atom is -0.870 e. The topological polar surface area (TPSA) is 120 Å². The van der Waals surface area contributed by atoms with Gasteiger partial charge in [0.2, 0.25) is 0 Å². The third-order valence-electron chi connectivity index (χ3n) is 2.88. The molecule has 0 aliphatic rings. The van der Waals surface area contributed by atoms with Crippen LogP contribution in [-0.2, 0) is 0 Å². The Morgan fingerprint density at radius 3 is 0.857 bits per heavy atom. The van der Waals surface area contributed by atoms with Gasteiger partial charge in [0, 0.05) is 0 Å². The number of hydrogen-bond acceptors (Lipinski definition) is 6. The van der Waals surface area contributed by atoms with Crippen molar-refractivity contribution in [2.75, 3.05) is 0 Å². The predicted molar refractivity (Wildman–Crippen MR) is 96.5 cm³/mol. The van der Waals surface area contributed by atoms with Crippen molar-refractivity contribution in [1.82, 2.24) is 0 Å². The van der Waals surface area contributed by atoms with Crippen molar-refractivity contribution in [2.24, 2.45) is 0 Å². The van der Waals surface area contributed by atoms with Gasteiger partial charge < -0.3 is 15.3 Å². The molecule has 0 unspecified atom stereocenters. The summed E-state index contributed by atoms with van der Waals surface area (Å²) in [6.07, 6.45) is 0. The summed E-state index contributed by atoms with van der Waals surface area (Å²) in [4.78, 5) is 31.5. The van der Waals surface area contributed by atoms with E-state index >= 15 is 0 Å². The van der Waals surface area contributed by atoms with Gasteiger partial charge in [0.1, 0.15) is 0 Å². The van der Waals surface area contributed by atoms with E-state index in [0.717, 1.165) is 0 Å². The monoisotopic (exact) mass is 502 g/mol. The minimum absolute atomic E-state index is 0. The van der Waals surface area contributed by atoms with Crippen LogP contribution in [0.15, 0.2) is 105 Å². The largest absolute Gasteiger partial charge is 3.00 e. The molecule has 138 valence electrons. The van der Waals surface area contributed by atoms with Crippen LogP contribution in [0.25, 0.3) is 0 Å². The van der Waals surface area contributed by atoms with Gasteiger partial charge in [0.15, 0.2) is 16.3 Å². The second-order valence-electron chi connectivity index (χ2n) is 4.92. The molecule has 3 aromatic carbocycles. The maximum Gasteiger partial charge on any atom is 3.00 e. The van der Waals surface area contributed by atoms with Crippen LogP contribution in [-0.4, -0.2) is 0 Å². The summed E-state index contributed by atoms with van der Waals surface area (Å²) >= 11 is 0. The first-order valence-electron chi connectivity index (χ1n) is 7.71. The first-order valence-corrected chi connectivity index (χ1v) is 7.71. The van der Waals surface area contributed by atoms with Crippen LogP contribution in [0.3, 0.4) is 0 Å². The fourth-order valence-electron chi connectivity index (χ4n) is 1.54. The summed E-state index contributed by atoms with van der Waals surface area (Å²) in [6.45, 7) is 0. The number of rotatable bonds is 0. The summed E-state index contributed by atoms with van der Waals surface area (Å²) in [5.74, 6) is -1.37. The van der Waals surface area contributed by atoms with Crippen LogP contribution < -0.4 is 31.6 Å². The van der Waals surface area contributed by atoms with Gasteiger partial charge >= 0.3 is 35.6 Å². The van der Waals surface area contributed by atoms with Gasteiger partial charge in [0.25, 0.3) is 0 Å². The molecule has 0 aliphatic carbocycles. The van der Waals surface area contributed by atoms with Crippen LogP contribution >= 0.6 is 0 Å². The van der Waals surface area contributed by atoms with E-state index in [0.29, 0.717) is 0 Å². The molecule has 0 radical (unpaired) electrons. The Morgan fingerprint density at radius 2 is 0.607 bits per heavy atom. The summed E-state index contributed by atoms with van der Waals surface area (Å²) in [6, 6.07) is 21.7. The predicted octanol–water partition coefficient (Wildman–Crippen LogP) is 0.361. The van der Waals surface area contributed by atoms with Crippen molar-refractivity contribution in [2.45, 2.75) is 0 Å². The van der Waals surface area contributed by atoms with Gasteiger partial charge in [0.05, 0.1) is 0 Å². The second kappa shape index (κ2) is 14.3. The number of hydrogen-bond donors (Lipinski definition) is 0. The van der Waals surface area contributed by atoms with Gasteiger partial charge in [-0.15, -0.1) is 0 Å². The molecule has 0 aromatic heterocycles. The third-order valence-corrected chi connectivity index (χ3v) is 2.88. The molecule has 0 amide bonds. The van der Waals surface area contributed by atoms with Gasteiger partial charge in [-0.2, -0.15) is 0 Å². The Bertz CT molecular complexity index is 906. The zero-order valence-corrected chi connectivity index (χ0v) is 18.3. The maximum atomic E-state index is 10.5. The minimum atomic E-state index is -0.458. The van der Waals surface area contributed by atoms with Crippen molar-refractivity contribution >= 4 is 0 Å². The summed E-state index contributed by atoms with van der Waals surface area (Å²) in [5.41, 5.74) is -1.37. The van der Waals surface area contributed by atoms with Crippen molar-refractivity contribution in [3.05, 3.63) is 122 Å². The van der Waals surface area contributed by atoms with E-state index in [1.807, 2.05) is 0 Å². The van der Waals surface area contributed by atoms with E-state index < -0.39 is 33.5 Å². The van der Waals surface area contributed by atoms with Crippen LogP contribution in [0.1, 0.15) is 0 Å². The molecule has 0 saturated heterocycles. The molecule has 0 heterocycles. The quantitative estimate of drug-likeness (QED) is 0.438. The molecule has 0 spiro atoms. The molecular formula is C21H15LaO6. The van der Waals surface area contributed by atoms with Crippen molar-refractivity contribution < 1.29 is 50.9 Å². The zero-order valence-electron chi connectivity index (χ0n) is 14.7. The SMILES string of the molecule is O=c1cccccc1[O-].O=c1cccccc1[O-].O=c1cccccc1[O-].[La+3]. The summed E-state index contributed by atoms with van der Waals surface area (Å²) in [5, 5.41) is 31.5. The van der Waals surface area contributed by atoms with Crippen LogP contribution in [0.5, 0.6) is 17.2 Å². The summed E-state index contributed by atoms with van der Waals surface area (Å²) < 4.78 is 0. The van der Waals surface area contributed by atoms with Gasteiger partial charge in [-0.1, -0.05) is 90.0 Å². The van der Waals surface area contributed by atoms with Crippen molar-refractivity contribution in [3.63, 3.8) is 0 Å². The molecule has 28 heavy (non-hydrogen) atoms. The molecular weight excluding hydrogens is 487 g/mol. The van der Waals surface area contributed by atoms with E-state index in [1.54, 1.807) is 54.6 Å². The van der Waals surface area contributed by atoms with Crippen molar-refractivity contribution in [3.8, 4) is 17.2 Å². The Kier molecular flexibility index (Phi) is 12.9. The van der Waals surface area contributed by atoms with E-state index in [-0.39, 0.29) is 35.6 Å². The molecule has 0 fully saturated rings. The van der Waals surface area contributed by atoms with E-state index in [9.17, 15) is 29.7 Å². The first-order chi connectivity index (χ1) is 12.9. The Morgan fingerprint density at radius 1 is 0.393 bits per heavy atom. The molecule has 0 aliphatic heterocycles. The smallest absolute Gasteiger partial charge is 0.870 e. The Hall–Kier alpha value is -2.74. The maximum absolute atomic E-state index is 10.5. The molecule has 0 bridgehead atoms. The van der Waals surface area contributed by atoms with Crippen LogP contribution in [0, 0.1) is 35.6 Å². The average Bonchev–Trinajstić information content (AvgIpc) is 3.04. The molecule has 3 rings (SSSR count). The van der Waals surface area contributed by atoms with Crippen LogP contribution in [0.4, 0.5) is 0 Å². The molecule has 6 nitrogen and oxygen atoms in total. The van der Waals surface area contributed by atoms with Crippen molar-refractivity contribution in [1.29, 1.82) is 0 Å². The molecule has 7 heteroatoms. The third kappa shape index (κ3) is 10.4. The first kappa shape index (κ1) is 25.3. The zero-order chi connectivity index (χ0) is 20.1. The van der Waals surface area contributed by atoms with Crippen LogP contribution in [0.2, 0.25) is 0 Å². The average molecular weight is 502 g/mol. The Balaban J connectivity index is 0.000000384. The van der Waals surface area contributed by atoms with Gasteiger partial charge in [-0.05, 0) is 18.2 Å². The van der Waals surface area contributed by atoms with E-state index in [4.69, 9.17) is 0 Å². The normalized spacial score (nSPS) is 8.57. The van der Waals surface area contributed by atoms with Gasteiger partial charge in [-0.25, -0.2) is 0 Å². The summed E-state index contributed by atoms with van der Waals surface area (Å²) in [7, 11) is 0.